The van der Waals surface area contributed by atoms with Crippen molar-refractivity contribution in [3.63, 3.8) is 0 Å². The Labute approximate surface area is 173 Å². The van der Waals surface area contributed by atoms with Gasteiger partial charge in [-0.25, -0.2) is 4.79 Å². The molecule has 1 amide bonds. The molecule has 2 atom stereocenters. The van der Waals surface area contributed by atoms with Crippen LogP contribution in [0.25, 0.3) is 0 Å². The molecule has 0 bridgehead atoms. The van der Waals surface area contributed by atoms with E-state index in [0.29, 0.717) is 27.4 Å². The van der Waals surface area contributed by atoms with Crippen LogP contribution in [0.1, 0.15) is 63.2 Å². The molecule has 7 nitrogen and oxygen atoms in total. The van der Waals surface area contributed by atoms with Gasteiger partial charge >= 0.3 is 5.97 Å². The molecule has 0 spiro atoms. The summed E-state index contributed by atoms with van der Waals surface area (Å²) in [7, 11) is 0. The number of ketones is 2. The van der Waals surface area contributed by atoms with E-state index in [9.17, 15) is 19.2 Å². The number of aromatic nitrogens is 1. The Morgan fingerprint density at radius 2 is 1.66 bits per heavy atom. The molecule has 2 N–H and O–H groups in total. The fourth-order valence-electron chi connectivity index (χ4n) is 3.00. The average molecular weight is 419 g/mol. The molecule has 0 aliphatic heterocycles. The molecular formula is C21H23ClN2O5. The molecule has 0 fully saturated rings. The summed E-state index contributed by atoms with van der Waals surface area (Å²) in [6, 6.07) is 5.23. The third-order valence-electron chi connectivity index (χ3n) is 4.51. The normalized spacial score (nSPS) is 12.8. The highest BCUT2D eigenvalue weighted by atomic mass is 35.5. The van der Waals surface area contributed by atoms with Crippen molar-refractivity contribution in [1.82, 2.24) is 10.3 Å². The fraction of sp³-hybridized carbons (Fsp3) is 0.333. The van der Waals surface area contributed by atoms with E-state index in [1.54, 1.807) is 26.0 Å². The van der Waals surface area contributed by atoms with Gasteiger partial charge in [0.25, 0.3) is 5.91 Å². The smallest absolute Gasteiger partial charge is 0.329 e. The van der Waals surface area contributed by atoms with Gasteiger partial charge in [0.05, 0.1) is 5.69 Å². The number of ether oxygens (including phenoxy) is 1. The average Bonchev–Trinajstić information content (AvgIpc) is 2.95. The van der Waals surface area contributed by atoms with Gasteiger partial charge in [-0.2, -0.15) is 0 Å². The topological polar surface area (TPSA) is 105 Å². The van der Waals surface area contributed by atoms with Crippen molar-refractivity contribution in [3.05, 3.63) is 57.4 Å². The molecule has 0 saturated carbocycles. The number of aryl methyl sites for hydroxylation is 1. The second kappa shape index (κ2) is 9.05. The molecule has 2 aromatic rings. The number of carbonyl (C=O) groups excluding carboxylic acids is 4. The Kier molecular flexibility index (Phi) is 6.97. The zero-order valence-corrected chi connectivity index (χ0v) is 17.6. The maximum absolute atomic E-state index is 12.7. The molecule has 8 heteroatoms. The minimum Gasteiger partial charge on any atom is -0.453 e. The van der Waals surface area contributed by atoms with Gasteiger partial charge < -0.3 is 15.0 Å². The Balaban J connectivity index is 2.03. The van der Waals surface area contributed by atoms with E-state index in [1.807, 2.05) is 0 Å². The van der Waals surface area contributed by atoms with E-state index >= 15 is 0 Å². The lowest BCUT2D eigenvalue weighted by Crippen LogP contribution is -2.41. The second-order valence-electron chi connectivity index (χ2n) is 6.83. The van der Waals surface area contributed by atoms with Crippen molar-refractivity contribution < 1.29 is 23.9 Å². The van der Waals surface area contributed by atoms with Crippen molar-refractivity contribution in [2.24, 2.45) is 0 Å². The summed E-state index contributed by atoms with van der Waals surface area (Å²) in [6.07, 6.45) is -1.09. The third kappa shape index (κ3) is 5.12. The minimum atomic E-state index is -1.09. The van der Waals surface area contributed by atoms with E-state index in [1.165, 1.54) is 32.9 Å². The monoisotopic (exact) mass is 418 g/mol. The van der Waals surface area contributed by atoms with Gasteiger partial charge in [-0.05, 0) is 64.4 Å². The van der Waals surface area contributed by atoms with Crippen molar-refractivity contribution in [2.75, 3.05) is 0 Å². The zero-order chi connectivity index (χ0) is 21.9. The largest absolute Gasteiger partial charge is 0.453 e. The van der Waals surface area contributed by atoms with Gasteiger partial charge in [-0.3, -0.25) is 14.4 Å². The van der Waals surface area contributed by atoms with Gasteiger partial charge in [0, 0.05) is 21.8 Å². The molecule has 0 aliphatic rings. The van der Waals surface area contributed by atoms with Crippen LogP contribution in [-0.2, 0) is 9.53 Å². The quantitative estimate of drug-likeness (QED) is 0.529. The number of H-pyrrole nitrogens is 1. The van der Waals surface area contributed by atoms with Crippen LogP contribution in [0.4, 0.5) is 0 Å². The number of aromatic amines is 1. The molecule has 1 aromatic carbocycles. The summed E-state index contributed by atoms with van der Waals surface area (Å²) in [5.41, 5.74) is 2.13. The fourth-order valence-corrected chi connectivity index (χ4v) is 3.12. The van der Waals surface area contributed by atoms with Gasteiger partial charge in [-0.1, -0.05) is 11.6 Å². The van der Waals surface area contributed by atoms with Crippen molar-refractivity contribution in [1.29, 1.82) is 0 Å². The van der Waals surface area contributed by atoms with Crippen LogP contribution in [0, 0.1) is 13.8 Å². The molecular weight excluding hydrogens is 396 g/mol. The molecule has 2 rings (SSSR count). The van der Waals surface area contributed by atoms with Crippen molar-refractivity contribution in [3.8, 4) is 0 Å². The number of rotatable bonds is 7. The number of esters is 1. The number of Topliss-reactive ketones (excluding diaryl/α,β-unsaturated/α-hetero) is 2. The Bertz CT molecular complexity index is 962. The number of hydrogen-bond donors (Lipinski definition) is 2. The van der Waals surface area contributed by atoms with Gasteiger partial charge in [-0.15, -0.1) is 0 Å². The predicted octanol–water partition coefficient (Wildman–Crippen LogP) is 3.42. The minimum absolute atomic E-state index is 0.154. The Morgan fingerprint density at radius 1 is 1.07 bits per heavy atom. The Hall–Kier alpha value is -2.93. The maximum Gasteiger partial charge on any atom is 0.329 e. The summed E-state index contributed by atoms with van der Waals surface area (Å²) >= 11 is 5.79. The van der Waals surface area contributed by atoms with Gasteiger partial charge in [0.15, 0.2) is 11.9 Å². The summed E-state index contributed by atoms with van der Waals surface area (Å²) in [4.78, 5) is 51.8. The summed E-state index contributed by atoms with van der Waals surface area (Å²) in [5.74, 6) is -1.82. The molecule has 0 radical (unpaired) electrons. The first-order valence-corrected chi connectivity index (χ1v) is 9.42. The van der Waals surface area contributed by atoms with Crippen LogP contribution in [0.5, 0.6) is 0 Å². The molecule has 0 saturated heterocycles. The lowest BCUT2D eigenvalue weighted by molar-refractivity contribution is -0.148. The molecule has 0 aliphatic carbocycles. The highest BCUT2D eigenvalue weighted by Crippen LogP contribution is 2.20. The Morgan fingerprint density at radius 3 is 2.17 bits per heavy atom. The number of hydrogen-bond acceptors (Lipinski definition) is 5. The first-order valence-electron chi connectivity index (χ1n) is 9.04. The van der Waals surface area contributed by atoms with Crippen LogP contribution >= 0.6 is 11.6 Å². The first kappa shape index (κ1) is 22.4. The van der Waals surface area contributed by atoms with Crippen LogP contribution in [0.2, 0.25) is 5.02 Å². The SMILES string of the molecule is CC(=O)c1c(C)[nH]c(C(=O)[C@@H](C)OC(=O)[C@H](C)NC(=O)c2ccc(Cl)cc2)c1C. The number of benzene rings is 1. The van der Waals surface area contributed by atoms with E-state index < -0.39 is 29.8 Å². The van der Waals surface area contributed by atoms with Crippen LogP contribution in [0.15, 0.2) is 24.3 Å². The lowest BCUT2D eigenvalue weighted by atomic mass is 10.0. The molecule has 1 heterocycles. The summed E-state index contributed by atoms with van der Waals surface area (Å²) in [5, 5.41) is 3.01. The van der Waals surface area contributed by atoms with Gasteiger partial charge in [0.2, 0.25) is 5.78 Å². The molecule has 0 unspecified atom stereocenters. The number of nitrogens with one attached hydrogen (secondary N) is 2. The molecule has 154 valence electrons. The number of carbonyl (C=O) groups is 4. The lowest BCUT2D eigenvalue weighted by Gasteiger charge is -2.17. The standard InChI is InChI=1S/C21H23ClN2O5/c1-10-17(13(4)25)11(2)23-18(10)19(26)14(5)29-21(28)12(3)24-20(27)15-6-8-16(22)9-7-15/h6-9,12,14,23H,1-5H3,(H,24,27)/t12-,14+/m0/s1. The summed E-state index contributed by atoms with van der Waals surface area (Å²) < 4.78 is 5.22. The van der Waals surface area contributed by atoms with Crippen LogP contribution in [-0.4, -0.2) is 40.6 Å². The summed E-state index contributed by atoms with van der Waals surface area (Å²) in [6.45, 7) is 7.69. The van der Waals surface area contributed by atoms with E-state index in [2.05, 4.69) is 10.3 Å². The van der Waals surface area contributed by atoms with Crippen molar-refractivity contribution in [2.45, 2.75) is 46.8 Å². The van der Waals surface area contributed by atoms with Crippen LogP contribution in [0.3, 0.4) is 0 Å². The highest BCUT2D eigenvalue weighted by molar-refractivity contribution is 6.30. The van der Waals surface area contributed by atoms with E-state index in [-0.39, 0.29) is 11.5 Å². The first-order chi connectivity index (χ1) is 13.5. The van der Waals surface area contributed by atoms with Crippen LogP contribution < -0.4 is 5.32 Å². The van der Waals surface area contributed by atoms with E-state index in [0.717, 1.165) is 0 Å². The second-order valence-corrected chi connectivity index (χ2v) is 7.26. The third-order valence-corrected chi connectivity index (χ3v) is 4.76. The van der Waals surface area contributed by atoms with E-state index in [4.69, 9.17) is 16.3 Å². The molecule has 29 heavy (non-hydrogen) atoms. The molecule has 1 aromatic heterocycles. The number of amides is 1. The predicted molar refractivity (Wildman–Crippen MR) is 109 cm³/mol. The number of halogens is 1. The van der Waals surface area contributed by atoms with Gasteiger partial charge in [0.1, 0.15) is 6.04 Å². The highest BCUT2D eigenvalue weighted by Gasteiger charge is 2.28. The van der Waals surface area contributed by atoms with Crippen molar-refractivity contribution >= 4 is 35.0 Å². The zero-order valence-electron chi connectivity index (χ0n) is 16.9. The maximum atomic E-state index is 12.7.